The number of ether oxygens (including phenoxy) is 1. The van der Waals surface area contributed by atoms with Gasteiger partial charge >= 0.3 is 0 Å². The molecule has 0 saturated carbocycles. The van der Waals surface area contributed by atoms with Crippen LogP contribution in [0.2, 0.25) is 0 Å². The van der Waals surface area contributed by atoms with Gasteiger partial charge in [0, 0.05) is 12.6 Å². The summed E-state index contributed by atoms with van der Waals surface area (Å²) in [5, 5.41) is 9.97. The van der Waals surface area contributed by atoms with E-state index in [9.17, 15) is 5.11 Å². The number of aromatic hydroxyl groups is 1. The van der Waals surface area contributed by atoms with Crippen LogP contribution in [0.3, 0.4) is 0 Å². The number of thiocarbonyl (C=S) groups is 1. The van der Waals surface area contributed by atoms with Gasteiger partial charge in [-0.15, -0.1) is 0 Å². The van der Waals surface area contributed by atoms with E-state index in [0.717, 1.165) is 25.7 Å². The van der Waals surface area contributed by atoms with E-state index < -0.39 is 0 Å². The minimum Gasteiger partial charge on any atom is -0.493 e. The highest BCUT2D eigenvalue weighted by Crippen LogP contribution is 2.15. The van der Waals surface area contributed by atoms with Crippen molar-refractivity contribution in [2.45, 2.75) is 39.5 Å². The van der Waals surface area contributed by atoms with Gasteiger partial charge in [-0.25, -0.2) is 4.98 Å². The first-order chi connectivity index (χ1) is 8.19. The maximum Gasteiger partial charge on any atom is 0.226 e. The van der Waals surface area contributed by atoms with Crippen LogP contribution in [0, 0.1) is 0 Å². The molecule has 0 unspecified atom stereocenters. The van der Waals surface area contributed by atoms with Crippen molar-refractivity contribution in [1.82, 2.24) is 9.97 Å². The molecule has 0 atom stereocenters. The van der Waals surface area contributed by atoms with Crippen LogP contribution in [-0.2, 0) is 11.2 Å². The minimum absolute atomic E-state index is 0.0926. The van der Waals surface area contributed by atoms with E-state index in [2.05, 4.69) is 16.9 Å². The number of hydrogen-bond donors (Lipinski definition) is 1. The highest BCUT2D eigenvalue weighted by molar-refractivity contribution is 7.80. The Morgan fingerprint density at radius 1 is 1.41 bits per heavy atom. The van der Waals surface area contributed by atoms with Crippen LogP contribution in [0.4, 0.5) is 0 Å². The second-order valence-corrected chi connectivity index (χ2v) is 4.07. The molecule has 5 heteroatoms. The molecule has 0 fully saturated rings. The Morgan fingerprint density at radius 3 is 2.76 bits per heavy atom. The van der Waals surface area contributed by atoms with Crippen molar-refractivity contribution in [2.75, 3.05) is 6.61 Å². The standard InChI is InChI=1S/C12H18N2O2S/c1-3-5-6-7-10-13-8-9(11(15)14-10)12(17)16-4-2/h8H,3-7H2,1-2H3,(H,13,14,15). The predicted octanol–water partition coefficient (Wildman–Crippen LogP) is 2.63. The zero-order valence-corrected chi connectivity index (χ0v) is 11.1. The molecule has 1 N–H and O–H groups in total. The number of hydrogen-bond acceptors (Lipinski definition) is 5. The van der Waals surface area contributed by atoms with Gasteiger partial charge in [-0.1, -0.05) is 19.8 Å². The summed E-state index contributed by atoms with van der Waals surface area (Å²) in [6.45, 7) is 4.45. The molecule has 1 aromatic heterocycles. The Balaban J connectivity index is 2.68. The van der Waals surface area contributed by atoms with Gasteiger partial charge in [0.25, 0.3) is 0 Å². The molecule has 0 bridgehead atoms. The van der Waals surface area contributed by atoms with Crippen molar-refractivity contribution < 1.29 is 9.84 Å². The smallest absolute Gasteiger partial charge is 0.226 e. The summed E-state index contributed by atoms with van der Waals surface area (Å²) < 4.78 is 5.14. The molecular formula is C12H18N2O2S. The lowest BCUT2D eigenvalue weighted by Crippen LogP contribution is -2.07. The molecule has 94 valence electrons. The van der Waals surface area contributed by atoms with Crippen molar-refractivity contribution >= 4 is 17.3 Å². The lowest BCUT2D eigenvalue weighted by molar-refractivity contribution is 0.335. The van der Waals surface area contributed by atoms with Crippen LogP contribution in [0.5, 0.6) is 5.88 Å². The first-order valence-electron chi connectivity index (χ1n) is 5.91. The normalized spacial score (nSPS) is 10.2. The predicted molar refractivity (Wildman–Crippen MR) is 70.3 cm³/mol. The summed E-state index contributed by atoms with van der Waals surface area (Å²) in [7, 11) is 0. The van der Waals surface area contributed by atoms with E-state index in [4.69, 9.17) is 17.0 Å². The fraction of sp³-hybridized carbons (Fsp3) is 0.583. The third kappa shape index (κ3) is 4.26. The molecule has 0 amide bonds. The molecule has 1 heterocycles. The van der Waals surface area contributed by atoms with E-state index in [-0.39, 0.29) is 10.9 Å². The van der Waals surface area contributed by atoms with Gasteiger partial charge in [0.2, 0.25) is 5.88 Å². The van der Waals surface area contributed by atoms with Gasteiger partial charge in [-0.05, 0) is 25.6 Å². The SMILES string of the molecule is CCCCCc1ncc(C(=S)OCC)c(O)n1. The molecular weight excluding hydrogens is 236 g/mol. The minimum atomic E-state index is -0.0926. The molecule has 0 aromatic carbocycles. The zero-order chi connectivity index (χ0) is 12.7. The first-order valence-corrected chi connectivity index (χ1v) is 6.31. The largest absolute Gasteiger partial charge is 0.493 e. The number of aromatic nitrogens is 2. The van der Waals surface area contributed by atoms with Crippen molar-refractivity contribution in [2.24, 2.45) is 0 Å². The second-order valence-electron chi connectivity index (χ2n) is 3.70. The quantitative estimate of drug-likeness (QED) is 0.624. The Kier molecular flexibility index (Phi) is 5.83. The van der Waals surface area contributed by atoms with E-state index in [1.807, 2.05) is 6.92 Å². The molecule has 0 radical (unpaired) electrons. The lowest BCUT2D eigenvalue weighted by Gasteiger charge is -2.07. The van der Waals surface area contributed by atoms with Crippen molar-refractivity contribution in [3.05, 3.63) is 17.6 Å². The Labute approximate surface area is 107 Å². The van der Waals surface area contributed by atoms with Crippen LogP contribution in [0.1, 0.15) is 44.5 Å². The van der Waals surface area contributed by atoms with Gasteiger partial charge in [0.1, 0.15) is 11.4 Å². The average molecular weight is 254 g/mol. The maximum absolute atomic E-state index is 9.73. The van der Waals surface area contributed by atoms with Crippen LogP contribution < -0.4 is 0 Å². The van der Waals surface area contributed by atoms with Crippen molar-refractivity contribution in [3.8, 4) is 5.88 Å². The van der Waals surface area contributed by atoms with Crippen LogP contribution in [-0.4, -0.2) is 26.7 Å². The van der Waals surface area contributed by atoms with E-state index in [0.29, 0.717) is 18.0 Å². The maximum atomic E-state index is 9.73. The number of aryl methyl sites for hydroxylation is 1. The summed E-state index contributed by atoms with van der Waals surface area (Å²) in [6, 6.07) is 0. The Morgan fingerprint density at radius 2 is 2.18 bits per heavy atom. The number of rotatable bonds is 6. The Hall–Kier alpha value is -1.23. The number of unbranched alkanes of at least 4 members (excludes halogenated alkanes) is 2. The monoisotopic (exact) mass is 254 g/mol. The van der Waals surface area contributed by atoms with Gasteiger partial charge in [-0.2, -0.15) is 4.98 Å². The fourth-order valence-corrected chi connectivity index (χ4v) is 1.68. The molecule has 0 saturated heterocycles. The molecule has 0 aliphatic carbocycles. The van der Waals surface area contributed by atoms with Gasteiger partial charge in [0.15, 0.2) is 5.05 Å². The highest BCUT2D eigenvalue weighted by atomic mass is 32.1. The van der Waals surface area contributed by atoms with Crippen LogP contribution >= 0.6 is 12.2 Å². The van der Waals surface area contributed by atoms with Crippen molar-refractivity contribution in [3.63, 3.8) is 0 Å². The Bertz CT molecular complexity index is 383. The first kappa shape index (κ1) is 13.8. The topological polar surface area (TPSA) is 55.2 Å². The zero-order valence-electron chi connectivity index (χ0n) is 10.3. The molecule has 0 spiro atoms. The second kappa shape index (κ2) is 7.17. The van der Waals surface area contributed by atoms with Gasteiger partial charge < -0.3 is 9.84 Å². The summed E-state index contributed by atoms with van der Waals surface area (Å²) in [5.41, 5.74) is 0.390. The van der Waals surface area contributed by atoms with E-state index >= 15 is 0 Å². The summed E-state index contributed by atoms with van der Waals surface area (Å²) in [4.78, 5) is 8.20. The highest BCUT2D eigenvalue weighted by Gasteiger charge is 2.11. The van der Waals surface area contributed by atoms with Gasteiger partial charge in [-0.3, -0.25) is 0 Å². The number of nitrogens with zero attached hydrogens (tertiary/aromatic N) is 2. The summed E-state index contributed by atoms with van der Waals surface area (Å²) >= 11 is 4.99. The fourth-order valence-electron chi connectivity index (χ4n) is 1.41. The van der Waals surface area contributed by atoms with Crippen LogP contribution in [0.25, 0.3) is 0 Å². The molecule has 0 aliphatic heterocycles. The third-order valence-electron chi connectivity index (χ3n) is 2.32. The van der Waals surface area contributed by atoms with Crippen LogP contribution in [0.15, 0.2) is 6.20 Å². The molecule has 1 rings (SSSR count). The van der Waals surface area contributed by atoms with E-state index in [1.54, 1.807) is 0 Å². The van der Waals surface area contributed by atoms with Gasteiger partial charge in [0.05, 0.1) is 6.61 Å². The molecule has 17 heavy (non-hydrogen) atoms. The summed E-state index contributed by atoms with van der Waals surface area (Å²) in [5.74, 6) is 0.559. The molecule has 1 aromatic rings. The third-order valence-corrected chi connectivity index (χ3v) is 2.66. The molecule has 0 aliphatic rings. The van der Waals surface area contributed by atoms with Crippen molar-refractivity contribution in [1.29, 1.82) is 0 Å². The van der Waals surface area contributed by atoms with E-state index in [1.165, 1.54) is 6.20 Å². The lowest BCUT2D eigenvalue weighted by atomic mass is 10.2. The summed E-state index contributed by atoms with van der Waals surface area (Å²) in [6.07, 6.45) is 5.64. The average Bonchev–Trinajstić information content (AvgIpc) is 2.29. The molecule has 4 nitrogen and oxygen atoms in total.